The van der Waals surface area contributed by atoms with Gasteiger partial charge in [-0.15, -0.1) is 0 Å². The van der Waals surface area contributed by atoms with Gasteiger partial charge in [-0.3, -0.25) is 4.79 Å². The molecule has 5 nitrogen and oxygen atoms in total. The summed E-state index contributed by atoms with van der Waals surface area (Å²) in [5, 5.41) is 31.9. The predicted octanol–water partition coefficient (Wildman–Crippen LogP) is 4.17. The molecule has 0 amide bonds. The molecule has 0 radical (unpaired) electrons. The van der Waals surface area contributed by atoms with Crippen molar-refractivity contribution in [3.8, 4) is 0 Å². The molecule has 3 saturated carbocycles. The van der Waals surface area contributed by atoms with Crippen LogP contribution in [-0.2, 0) is 9.53 Å². The highest BCUT2D eigenvalue weighted by molar-refractivity contribution is 5.74. The summed E-state index contributed by atoms with van der Waals surface area (Å²) >= 11 is 0. The Labute approximate surface area is 194 Å². The average molecular weight is 451 g/mol. The summed E-state index contributed by atoms with van der Waals surface area (Å²) in [6.07, 6.45) is 5.49. The first kappa shape index (κ1) is 24.5. The molecule has 1 heterocycles. The minimum absolute atomic E-state index is 0.0526. The van der Waals surface area contributed by atoms with Crippen LogP contribution >= 0.6 is 0 Å². The smallest absolute Gasteiger partial charge is 0.309 e. The van der Waals surface area contributed by atoms with E-state index in [0.717, 1.165) is 38.5 Å². The van der Waals surface area contributed by atoms with Gasteiger partial charge in [0.05, 0.1) is 30.8 Å². The Balaban J connectivity index is 1.56. The second kappa shape index (κ2) is 8.85. The molecule has 0 unspecified atom stereocenters. The SMILES string of the molecule is CC(C)C[C@@H](O)[C@H](O)[C@@H](C)[C@H]1CC[C@H]2[C@@H]3COC(=O)[C@H]4C[C@H](O)CC[C@]4(C)[C@H]3CC[C@]12C. The third kappa shape index (κ3) is 3.94. The highest BCUT2D eigenvalue weighted by Crippen LogP contribution is 2.66. The number of carbonyl (C=O) groups is 1. The van der Waals surface area contributed by atoms with Crippen molar-refractivity contribution in [1.29, 1.82) is 0 Å². The fourth-order valence-electron chi connectivity index (χ4n) is 8.85. The van der Waals surface area contributed by atoms with Crippen molar-refractivity contribution in [2.45, 2.75) is 104 Å². The summed E-state index contributed by atoms with van der Waals surface area (Å²) in [6, 6.07) is 0. The number of aliphatic hydroxyl groups is 3. The van der Waals surface area contributed by atoms with Crippen molar-refractivity contribution in [2.75, 3.05) is 6.61 Å². The van der Waals surface area contributed by atoms with Crippen LogP contribution in [0.2, 0.25) is 0 Å². The van der Waals surface area contributed by atoms with E-state index in [1.807, 2.05) is 0 Å². The molecule has 4 aliphatic rings. The van der Waals surface area contributed by atoms with Crippen LogP contribution in [0.3, 0.4) is 0 Å². The number of hydrogen-bond acceptors (Lipinski definition) is 5. The van der Waals surface area contributed by atoms with Gasteiger partial charge in [0, 0.05) is 0 Å². The summed E-state index contributed by atoms with van der Waals surface area (Å²) in [7, 11) is 0. The third-order valence-electron chi connectivity index (χ3n) is 10.7. The fourth-order valence-corrected chi connectivity index (χ4v) is 8.85. The third-order valence-corrected chi connectivity index (χ3v) is 10.7. The molecular weight excluding hydrogens is 404 g/mol. The Morgan fingerprint density at radius 1 is 1.00 bits per heavy atom. The Morgan fingerprint density at radius 3 is 2.34 bits per heavy atom. The number of carbonyl (C=O) groups excluding carboxylic acids is 1. The van der Waals surface area contributed by atoms with Gasteiger partial charge in [-0.1, -0.05) is 34.6 Å². The number of fused-ring (bicyclic) bond motifs is 5. The van der Waals surface area contributed by atoms with Crippen LogP contribution in [-0.4, -0.2) is 46.2 Å². The quantitative estimate of drug-likeness (QED) is 0.547. The molecule has 0 aromatic carbocycles. The van der Waals surface area contributed by atoms with Gasteiger partial charge in [0.1, 0.15) is 0 Å². The Kier molecular flexibility index (Phi) is 6.77. The van der Waals surface area contributed by atoms with Crippen LogP contribution in [0.15, 0.2) is 0 Å². The number of cyclic esters (lactones) is 1. The van der Waals surface area contributed by atoms with Gasteiger partial charge < -0.3 is 20.1 Å². The normalized spacial score (nSPS) is 47.0. The molecule has 1 saturated heterocycles. The van der Waals surface area contributed by atoms with Crippen LogP contribution in [0.25, 0.3) is 0 Å². The predicted molar refractivity (Wildman–Crippen MR) is 124 cm³/mol. The number of esters is 1. The summed E-state index contributed by atoms with van der Waals surface area (Å²) in [6.45, 7) is 11.5. The molecule has 4 rings (SSSR count). The van der Waals surface area contributed by atoms with Gasteiger partial charge in [-0.05, 0) is 97.7 Å². The molecule has 0 bridgehead atoms. The monoisotopic (exact) mass is 450 g/mol. The van der Waals surface area contributed by atoms with Crippen LogP contribution in [0.4, 0.5) is 0 Å². The zero-order chi connectivity index (χ0) is 23.4. The Morgan fingerprint density at radius 2 is 1.66 bits per heavy atom. The highest BCUT2D eigenvalue weighted by Gasteiger charge is 2.62. The molecule has 184 valence electrons. The fraction of sp³-hybridized carbons (Fsp3) is 0.963. The van der Waals surface area contributed by atoms with E-state index in [2.05, 4.69) is 34.6 Å². The maximum absolute atomic E-state index is 12.9. The lowest BCUT2D eigenvalue weighted by Gasteiger charge is -2.55. The maximum atomic E-state index is 12.9. The second-order valence-corrected chi connectivity index (χ2v) is 12.8. The van der Waals surface area contributed by atoms with Crippen molar-refractivity contribution >= 4 is 5.97 Å². The van der Waals surface area contributed by atoms with Crippen LogP contribution in [0.5, 0.6) is 0 Å². The maximum Gasteiger partial charge on any atom is 0.309 e. The lowest BCUT2D eigenvalue weighted by atomic mass is 9.48. The number of ether oxygens (including phenoxy) is 1. The number of rotatable bonds is 5. The first-order valence-electron chi connectivity index (χ1n) is 13.2. The molecule has 3 aliphatic carbocycles. The lowest BCUT2D eigenvalue weighted by molar-refractivity contribution is -0.155. The van der Waals surface area contributed by atoms with Gasteiger partial charge in [0.2, 0.25) is 0 Å². The topological polar surface area (TPSA) is 87.0 Å². The number of aliphatic hydroxyl groups excluding tert-OH is 3. The molecule has 32 heavy (non-hydrogen) atoms. The lowest BCUT2D eigenvalue weighted by Crippen LogP contribution is -2.52. The van der Waals surface area contributed by atoms with E-state index >= 15 is 0 Å². The zero-order valence-corrected chi connectivity index (χ0v) is 20.8. The zero-order valence-electron chi connectivity index (χ0n) is 20.8. The van der Waals surface area contributed by atoms with E-state index in [-0.39, 0.29) is 34.7 Å². The first-order chi connectivity index (χ1) is 15.0. The standard InChI is InChI=1S/C27H46O5/c1-15(2)12-23(29)24(30)16(3)19-6-7-20-18-14-32-25(31)22-13-17(28)8-10-27(22,5)21(18)9-11-26(19,20)4/h15-24,28-30H,6-14H2,1-5H3/t16-,17+,18-,19+,20-,21-,22+,23+,24+,26+,27+/m0/s1. The summed E-state index contributed by atoms with van der Waals surface area (Å²) in [5.41, 5.74) is 0.0192. The van der Waals surface area contributed by atoms with Gasteiger partial charge in [0.25, 0.3) is 0 Å². The van der Waals surface area contributed by atoms with Crippen LogP contribution in [0.1, 0.15) is 86.0 Å². The molecule has 5 heteroatoms. The molecule has 11 atom stereocenters. The molecular formula is C27H46O5. The van der Waals surface area contributed by atoms with Gasteiger partial charge >= 0.3 is 5.97 Å². The summed E-state index contributed by atoms with van der Waals surface area (Å²) in [5.74, 6) is 1.80. The van der Waals surface area contributed by atoms with Crippen molar-refractivity contribution in [2.24, 2.45) is 52.3 Å². The Bertz CT molecular complexity index is 694. The van der Waals surface area contributed by atoms with E-state index in [4.69, 9.17) is 4.74 Å². The molecule has 0 aromatic heterocycles. The number of hydrogen-bond donors (Lipinski definition) is 3. The molecule has 0 spiro atoms. The minimum atomic E-state index is -0.690. The summed E-state index contributed by atoms with van der Waals surface area (Å²) < 4.78 is 5.89. The average Bonchev–Trinajstić information content (AvgIpc) is 3.04. The molecule has 1 aliphatic heterocycles. The van der Waals surface area contributed by atoms with Gasteiger partial charge in [0.15, 0.2) is 0 Å². The minimum Gasteiger partial charge on any atom is -0.465 e. The van der Waals surface area contributed by atoms with Crippen LogP contribution < -0.4 is 0 Å². The molecule has 4 fully saturated rings. The van der Waals surface area contributed by atoms with Crippen molar-refractivity contribution in [3.05, 3.63) is 0 Å². The molecule has 3 N–H and O–H groups in total. The van der Waals surface area contributed by atoms with Crippen molar-refractivity contribution in [3.63, 3.8) is 0 Å². The first-order valence-corrected chi connectivity index (χ1v) is 13.2. The van der Waals surface area contributed by atoms with Gasteiger partial charge in [-0.25, -0.2) is 0 Å². The Hall–Kier alpha value is -0.650. The largest absolute Gasteiger partial charge is 0.465 e. The summed E-state index contributed by atoms with van der Waals surface area (Å²) in [4.78, 5) is 12.9. The van der Waals surface area contributed by atoms with E-state index < -0.39 is 12.2 Å². The van der Waals surface area contributed by atoms with Crippen molar-refractivity contribution < 1.29 is 24.9 Å². The van der Waals surface area contributed by atoms with E-state index in [9.17, 15) is 20.1 Å². The van der Waals surface area contributed by atoms with E-state index in [1.54, 1.807) is 0 Å². The van der Waals surface area contributed by atoms with E-state index in [1.165, 1.54) is 0 Å². The molecule has 0 aromatic rings. The second-order valence-electron chi connectivity index (χ2n) is 12.8. The van der Waals surface area contributed by atoms with E-state index in [0.29, 0.717) is 49.0 Å². The highest BCUT2D eigenvalue weighted by atomic mass is 16.5. The van der Waals surface area contributed by atoms with Gasteiger partial charge in [-0.2, -0.15) is 0 Å². The van der Waals surface area contributed by atoms with Crippen molar-refractivity contribution in [1.82, 2.24) is 0 Å². The van der Waals surface area contributed by atoms with Crippen LogP contribution in [0, 0.1) is 52.3 Å².